The highest BCUT2D eigenvalue weighted by Gasteiger charge is 2.20. The number of aromatic nitrogens is 2. The molecule has 0 saturated carbocycles. The fraction of sp³-hybridized carbons (Fsp3) is 0.111. The Bertz CT molecular complexity index is 792. The van der Waals surface area contributed by atoms with Gasteiger partial charge < -0.3 is 5.32 Å². The van der Waals surface area contributed by atoms with E-state index in [1.165, 1.54) is 0 Å². The molecule has 22 heavy (non-hydrogen) atoms. The highest BCUT2D eigenvalue weighted by Crippen LogP contribution is 2.29. The van der Waals surface area contributed by atoms with E-state index in [-0.39, 0.29) is 0 Å². The van der Waals surface area contributed by atoms with E-state index in [4.69, 9.17) is 17.3 Å². The minimum absolute atomic E-state index is 0.707. The van der Waals surface area contributed by atoms with Gasteiger partial charge in [-0.1, -0.05) is 60.7 Å². The molecule has 0 aliphatic rings. The van der Waals surface area contributed by atoms with Crippen molar-refractivity contribution in [1.29, 1.82) is 0 Å². The molecule has 3 aromatic rings. The first-order valence-corrected chi connectivity index (χ1v) is 7.55. The van der Waals surface area contributed by atoms with E-state index in [0.29, 0.717) is 4.99 Å². The molecule has 0 unspecified atom stereocenters. The van der Waals surface area contributed by atoms with Crippen LogP contribution in [-0.2, 0) is 0 Å². The van der Waals surface area contributed by atoms with Gasteiger partial charge in [-0.15, -0.1) is 0 Å². The maximum atomic E-state index is 5.50. The third kappa shape index (κ3) is 2.53. The van der Waals surface area contributed by atoms with E-state index in [1.54, 1.807) is 0 Å². The smallest absolute Gasteiger partial charge is 0.110 e. The Hall–Kier alpha value is -2.46. The quantitative estimate of drug-likeness (QED) is 0.748. The van der Waals surface area contributed by atoms with Crippen molar-refractivity contribution in [3.8, 4) is 16.9 Å². The number of nitrogens with zero attached hydrogens (tertiary/aromatic N) is 2. The fourth-order valence-electron chi connectivity index (χ4n) is 2.54. The van der Waals surface area contributed by atoms with Crippen molar-refractivity contribution in [3.05, 3.63) is 71.9 Å². The minimum atomic E-state index is 0.707. The second-order valence-corrected chi connectivity index (χ2v) is 5.41. The van der Waals surface area contributed by atoms with Crippen LogP contribution in [0, 0.1) is 6.92 Å². The van der Waals surface area contributed by atoms with Gasteiger partial charge in [-0.2, -0.15) is 5.10 Å². The van der Waals surface area contributed by atoms with Crippen LogP contribution in [-0.4, -0.2) is 21.8 Å². The predicted octanol–water partition coefficient (Wildman–Crippen LogP) is 3.74. The summed E-state index contributed by atoms with van der Waals surface area (Å²) in [6, 6.07) is 20.3. The van der Waals surface area contributed by atoms with Crippen molar-refractivity contribution in [3.63, 3.8) is 0 Å². The van der Waals surface area contributed by atoms with Gasteiger partial charge in [0.15, 0.2) is 0 Å². The Morgan fingerprint density at radius 2 is 1.59 bits per heavy atom. The molecule has 1 aromatic heterocycles. The van der Waals surface area contributed by atoms with Crippen molar-refractivity contribution in [1.82, 2.24) is 15.1 Å². The van der Waals surface area contributed by atoms with Crippen LogP contribution in [0.3, 0.4) is 0 Å². The molecule has 3 rings (SSSR count). The summed E-state index contributed by atoms with van der Waals surface area (Å²) in [6.45, 7) is 1.99. The van der Waals surface area contributed by atoms with Crippen molar-refractivity contribution in [2.45, 2.75) is 6.92 Å². The second-order valence-electron chi connectivity index (χ2n) is 5.00. The number of hydrogen-bond donors (Lipinski definition) is 1. The minimum Gasteiger partial charge on any atom is -0.379 e. The van der Waals surface area contributed by atoms with E-state index in [9.17, 15) is 0 Å². The third-order valence-electron chi connectivity index (χ3n) is 3.56. The van der Waals surface area contributed by atoms with Gasteiger partial charge in [-0.3, -0.25) is 0 Å². The highest BCUT2D eigenvalue weighted by atomic mass is 32.1. The van der Waals surface area contributed by atoms with Gasteiger partial charge in [0, 0.05) is 12.6 Å². The van der Waals surface area contributed by atoms with Crippen molar-refractivity contribution >= 4 is 17.2 Å². The lowest BCUT2D eigenvalue weighted by Gasteiger charge is -2.10. The van der Waals surface area contributed by atoms with E-state index in [2.05, 4.69) is 17.4 Å². The van der Waals surface area contributed by atoms with Crippen LogP contribution in [0.5, 0.6) is 0 Å². The number of benzene rings is 2. The average molecular weight is 307 g/mol. The SMILES string of the molecule is CNC(=S)c1c(C)nn(-c2ccccc2)c1-c1ccccc1. The first kappa shape index (κ1) is 14.5. The Morgan fingerprint density at radius 1 is 1.00 bits per heavy atom. The predicted molar refractivity (Wildman–Crippen MR) is 94.5 cm³/mol. The highest BCUT2D eigenvalue weighted by molar-refractivity contribution is 7.80. The average Bonchev–Trinajstić information content (AvgIpc) is 2.93. The summed E-state index contributed by atoms with van der Waals surface area (Å²) < 4.78 is 1.96. The van der Waals surface area contributed by atoms with Gasteiger partial charge in [0.05, 0.1) is 22.6 Å². The van der Waals surface area contributed by atoms with Gasteiger partial charge in [0.25, 0.3) is 0 Å². The van der Waals surface area contributed by atoms with Crippen LogP contribution in [0.25, 0.3) is 16.9 Å². The van der Waals surface area contributed by atoms with Gasteiger partial charge >= 0.3 is 0 Å². The molecule has 2 aromatic carbocycles. The van der Waals surface area contributed by atoms with Gasteiger partial charge in [0.2, 0.25) is 0 Å². The molecule has 0 saturated heterocycles. The fourth-order valence-corrected chi connectivity index (χ4v) is 2.79. The van der Waals surface area contributed by atoms with E-state index in [1.807, 2.05) is 67.2 Å². The van der Waals surface area contributed by atoms with Crippen molar-refractivity contribution in [2.75, 3.05) is 7.05 Å². The van der Waals surface area contributed by atoms with Gasteiger partial charge in [-0.25, -0.2) is 4.68 Å². The van der Waals surface area contributed by atoms with Crippen LogP contribution in [0.1, 0.15) is 11.3 Å². The van der Waals surface area contributed by atoms with Crippen molar-refractivity contribution in [2.24, 2.45) is 0 Å². The Kier molecular flexibility index (Phi) is 4.02. The van der Waals surface area contributed by atoms with Crippen LogP contribution in [0.4, 0.5) is 0 Å². The van der Waals surface area contributed by atoms with E-state index in [0.717, 1.165) is 28.2 Å². The summed E-state index contributed by atoms with van der Waals surface area (Å²) in [6.07, 6.45) is 0. The first-order chi connectivity index (χ1) is 10.7. The van der Waals surface area contributed by atoms with E-state index < -0.39 is 0 Å². The molecule has 0 aliphatic heterocycles. The molecule has 0 amide bonds. The topological polar surface area (TPSA) is 29.9 Å². The zero-order valence-electron chi connectivity index (χ0n) is 12.6. The Morgan fingerprint density at radius 3 is 2.18 bits per heavy atom. The molecular formula is C18H17N3S. The molecule has 110 valence electrons. The first-order valence-electron chi connectivity index (χ1n) is 7.15. The Balaban J connectivity index is 2.30. The lowest BCUT2D eigenvalue weighted by Crippen LogP contribution is -2.18. The zero-order chi connectivity index (χ0) is 15.5. The summed E-state index contributed by atoms with van der Waals surface area (Å²) in [5.41, 5.74) is 5.03. The molecule has 4 heteroatoms. The number of thiocarbonyl (C=S) groups is 1. The largest absolute Gasteiger partial charge is 0.379 e. The lowest BCUT2D eigenvalue weighted by molar-refractivity contribution is 0.869. The standard InChI is InChI=1S/C18H17N3S/c1-13-16(18(22)19-2)17(14-9-5-3-6-10-14)21(20-13)15-11-7-4-8-12-15/h3-12H,1-2H3,(H,19,22). The summed E-state index contributed by atoms with van der Waals surface area (Å²) in [7, 11) is 1.84. The number of para-hydroxylation sites is 1. The molecule has 0 radical (unpaired) electrons. The molecule has 0 spiro atoms. The summed E-state index contributed by atoms with van der Waals surface area (Å²) >= 11 is 5.50. The van der Waals surface area contributed by atoms with E-state index >= 15 is 0 Å². The monoisotopic (exact) mass is 307 g/mol. The van der Waals surface area contributed by atoms with Gasteiger partial charge in [-0.05, 0) is 19.1 Å². The normalized spacial score (nSPS) is 10.5. The third-order valence-corrected chi connectivity index (χ3v) is 3.97. The Labute approximate surface area is 135 Å². The second kappa shape index (κ2) is 6.12. The van der Waals surface area contributed by atoms with Crippen LogP contribution in [0.15, 0.2) is 60.7 Å². The number of aryl methyl sites for hydroxylation is 1. The molecule has 0 bridgehead atoms. The molecular weight excluding hydrogens is 290 g/mol. The molecule has 1 heterocycles. The van der Waals surface area contributed by atoms with Crippen LogP contribution < -0.4 is 5.32 Å². The van der Waals surface area contributed by atoms with Crippen molar-refractivity contribution < 1.29 is 0 Å². The summed E-state index contributed by atoms with van der Waals surface area (Å²) in [5, 5.41) is 7.79. The molecule has 3 nitrogen and oxygen atoms in total. The van der Waals surface area contributed by atoms with Crippen LogP contribution in [0.2, 0.25) is 0 Å². The summed E-state index contributed by atoms with van der Waals surface area (Å²) in [5.74, 6) is 0. The van der Waals surface area contributed by atoms with Gasteiger partial charge in [0.1, 0.15) is 4.99 Å². The number of nitrogens with one attached hydrogen (secondary N) is 1. The number of rotatable bonds is 3. The molecule has 0 aliphatic carbocycles. The maximum absolute atomic E-state index is 5.50. The summed E-state index contributed by atoms with van der Waals surface area (Å²) in [4.78, 5) is 0.707. The molecule has 0 fully saturated rings. The maximum Gasteiger partial charge on any atom is 0.110 e. The number of hydrogen-bond acceptors (Lipinski definition) is 2. The lowest BCUT2D eigenvalue weighted by atomic mass is 10.1. The van der Waals surface area contributed by atoms with Crippen LogP contribution >= 0.6 is 12.2 Å². The molecule has 1 N–H and O–H groups in total. The zero-order valence-corrected chi connectivity index (χ0v) is 13.4. The molecule has 0 atom stereocenters.